The molecule has 0 spiro atoms. The van der Waals surface area contributed by atoms with Gasteiger partial charge in [-0.2, -0.15) is 18.3 Å². The predicted octanol–water partition coefficient (Wildman–Crippen LogP) is 3.42. The fourth-order valence-corrected chi connectivity index (χ4v) is 3.44. The average Bonchev–Trinajstić information content (AvgIpc) is 3.10. The summed E-state index contributed by atoms with van der Waals surface area (Å²) in [5.74, 6) is 1.53. The SMILES string of the molecule is CCCn1ncnc1C(C)NC1CCN(c2ccc(C(F)(F)F)cn2)CC1. The highest BCUT2D eigenvalue weighted by Crippen LogP contribution is 2.30. The van der Waals surface area contributed by atoms with Crippen LogP contribution in [0, 0.1) is 0 Å². The molecule has 1 atom stereocenters. The second-order valence-electron chi connectivity index (χ2n) is 6.89. The first-order valence-electron chi connectivity index (χ1n) is 9.30. The van der Waals surface area contributed by atoms with Crippen LogP contribution in [0.15, 0.2) is 24.7 Å². The molecule has 1 N–H and O–H groups in total. The van der Waals surface area contributed by atoms with Crippen LogP contribution in [0.1, 0.15) is 50.5 Å². The Hall–Kier alpha value is -2.16. The summed E-state index contributed by atoms with van der Waals surface area (Å²) in [4.78, 5) is 10.4. The van der Waals surface area contributed by atoms with Gasteiger partial charge in [-0.25, -0.2) is 14.6 Å². The number of aromatic nitrogens is 4. The van der Waals surface area contributed by atoms with Gasteiger partial charge in [-0.15, -0.1) is 0 Å². The van der Waals surface area contributed by atoms with Crippen molar-refractivity contribution in [3.63, 3.8) is 0 Å². The number of halogens is 3. The van der Waals surface area contributed by atoms with Gasteiger partial charge in [-0.1, -0.05) is 6.92 Å². The smallest absolute Gasteiger partial charge is 0.357 e. The van der Waals surface area contributed by atoms with Crippen molar-refractivity contribution in [3.05, 3.63) is 36.0 Å². The number of hydrogen-bond acceptors (Lipinski definition) is 5. The maximum atomic E-state index is 12.7. The number of alkyl halides is 3. The molecule has 6 nitrogen and oxygen atoms in total. The number of pyridine rings is 1. The topological polar surface area (TPSA) is 58.9 Å². The van der Waals surface area contributed by atoms with E-state index in [1.165, 1.54) is 6.07 Å². The Bertz CT molecular complexity index is 719. The molecule has 27 heavy (non-hydrogen) atoms. The molecule has 3 rings (SSSR count). The first-order valence-corrected chi connectivity index (χ1v) is 9.30. The average molecular weight is 382 g/mol. The molecule has 1 saturated heterocycles. The van der Waals surface area contributed by atoms with Crippen LogP contribution in [0.25, 0.3) is 0 Å². The molecule has 1 unspecified atom stereocenters. The standard InChI is InChI=1S/C18H25F3N6/c1-3-8-27-17(23-12-24-27)13(2)25-15-6-9-26(10-7-15)16-5-4-14(11-22-16)18(19,20)21/h4-5,11-13,15,25H,3,6-10H2,1-2H3. The molecule has 0 radical (unpaired) electrons. The van der Waals surface area contributed by atoms with Gasteiger partial charge in [-0.05, 0) is 38.3 Å². The lowest BCUT2D eigenvalue weighted by molar-refractivity contribution is -0.137. The molecule has 2 aromatic rings. The second-order valence-corrected chi connectivity index (χ2v) is 6.89. The number of nitrogens with zero attached hydrogens (tertiary/aromatic N) is 5. The monoisotopic (exact) mass is 382 g/mol. The Morgan fingerprint density at radius 1 is 1.22 bits per heavy atom. The number of hydrogen-bond donors (Lipinski definition) is 1. The molecule has 1 aliphatic rings. The molecule has 0 bridgehead atoms. The lowest BCUT2D eigenvalue weighted by atomic mass is 10.0. The summed E-state index contributed by atoms with van der Waals surface area (Å²) in [6.45, 7) is 6.54. The van der Waals surface area contributed by atoms with Crippen LogP contribution < -0.4 is 10.2 Å². The minimum absolute atomic E-state index is 0.0970. The molecule has 0 aliphatic carbocycles. The van der Waals surface area contributed by atoms with Crippen molar-refractivity contribution < 1.29 is 13.2 Å². The van der Waals surface area contributed by atoms with E-state index in [1.807, 2.05) is 9.58 Å². The van der Waals surface area contributed by atoms with E-state index in [9.17, 15) is 13.2 Å². The normalized spacial score (nSPS) is 17.3. The van der Waals surface area contributed by atoms with Gasteiger partial charge in [0.15, 0.2) is 0 Å². The van der Waals surface area contributed by atoms with Gasteiger partial charge in [0.2, 0.25) is 0 Å². The van der Waals surface area contributed by atoms with Crippen molar-refractivity contribution in [1.82, 2.24) is 25.1 Å². The molecule has 148 valence electrons. The second kappa shape index (κ2) is 8.24. The lowest BCUT2D eigenvalue weighted by Crippen LogP contribution is -2.44. The van der Waals surface area contributed by atoms with Crippen molar-refractivity contribution in [2.75, 3.05) is 18.0 Å². The third-order valence-electron chi connectivity index (χ3n) is 4.85. The summed E-state index contributed by atoms with van der Waals surface area (Å²) in [5.41, 5.74) is -0.715. The fraction of sp³-hybridized carbons (Fsp3) is 0.611. The van der Waals surface area contributed by atoms with Crippen molar-refractivity contribution >= 4 is 5.82 Å². The number of anilines is 1. The zero-order valence-corrected chi connectivity index (χ0v) is 15.6. The van der Waals surface area contributed by atoms with Gasteiger partial charge in [0.05, 0.1) is 11.6 Å². The van der Waals surface area contributed by atoms with E-state index < -0.39 is 11.7 Å². The Labute approximate surface area is 156 Å². The van der Waals surface area contributed by atoms with E-state index in [2.05, 4.69) is 34.2 Å². The summed E-state index contributed by atoms with van der Waals surface area (Å²) in [6, 6.07) is 2.97. The number of rotatable bonds is 6. The number of nitrogens with one attached hydrogen (secondary N) is 1. The molecule has 0 aromatic carbocycles. The molecule has 0 amide bonds. The van der Waals surface area contributed by atoms with Crippen LogP contribution in [0.4, 0.5) is 19.0 Å². The van der Waals surface area contributed by atoms with Crippen molar-refractivity contribution in [2.45, 2.75) is 57.9 Å². The third-order valence-corrected chi connectivity index (χ3v) is 4.85. The Morgan fingerprint density at radius 3 is 2.56 bits per heavy atom. The molecular weight excluding hydrogens is 357 g/mol. The number of aryl methyl sites for hydroxylation is 1. The van der Waals surface area contributed by atoms with Crippen LogP contribution in [0.2, 0.25) is 0 Å². The van der Waals surface area contributed by atoms with Gasteiger partial charge in [0.1, 0.15) is 18.0 Å². The molecule has 3 heterocycles. The summed E-state index contributed by atoms with van der Waals surface area (Å²) >= 11 is 0. The molecular formula is C18H25F3N6. The van der Waals surface area contributed by atoms with Gasteiger partial charge < -0.3 is 10.2 Å². The summed E-state index contributed by atoms with van der Waals surface area (Å²) < 4.78 is 39.9. The van der Waals surface area contributed by atoms with Crippen molar-refractivity contribution in [1.29, 1.82) is 0 Å². The summed E-state index contributed by atoms with van der Waals surface area (Å²) in [5, 5.41) is 7.87. The van der Waals surface area contributed by atoms with Gasteiger partial charge in [0.25, 0.3) is 0 Å². The molecule has 2 aromatic heterocycles. The highest BCUT2D eigenvalue weighted by atomic mass is 19.4. The largest absolute Gasteiger partial charge is 0.417 e. The zero-order chi connectivity index (χ0) is 19.4. The van der Waals surface area contributed by atoms with Gasteiger partial charge in [-0.3, -0.25) is 0 Å². The quantitative estimate of drug-likeness (QED) is 0.830. The first kappa shape index (κ1) is 19.6. The zero-order valence-electron chi connectivity index (χ0n) is 15.6. The van der Waals surface area contributed by atoms with Crippen molar-refractivity contribution in [3.8, 4) is 0 Å². The maximum absolute atomic E-state index is 12.7. The lowest BCUT2D eigenvalue weighted by Gasteiger charge is -2.34. The molecule has 9 heteroatoms. The fourth-order valence-electron chi connectivity index (χ4n) is 3.44. The van der Waals surface area contributed by atoms with E-state index in [-0.39, 0.29) is 6.04 Å². The minimum atomic E-state index is -4.35. The highest BCUT2D eigenvalue weighted by Gasteiger charge is 2.31. The minimum Gasteiger partial charge on any atom is -0.357 e. The van der Waals surface area contributed by atoms with Crippen LogP contribution >= 0.6 is 0 Å². The highest BCUT2D eigenvalue weighted by molar-refractivity contribution is 5.40. The van der Waals surface area contributed by atoms with E-state index in [0.717, 1.165) is 57.0 Å². The van der Waals surface area contributed by atoms with E-state index in [1.54, 1.807) is 6.33 Å². The van der Waals surface area contributed by atoms with Crippen LogP contribution in [0.5, 0.6) is 0 Å². The first-order chi connectivity index (χ1) is 12.9. The Balaban J connectivity index is 1.53. The summed E-state index contributed by atoms with van der Waals surface area (Å²) in [6.07, 6.45) is 0.937. The van der Waals surface area contributed by atoms with Crippen molar-refractivity contribution in [2.24, 2.45) is 0 Å². The molecule has 0 saturated carbocycles. The third kappa shape index (κ3) is 4.77. The number of piperidine rings is 1. The van der Waals surface area contributed by atoms with Crippen LogP contribution in [0.3, 0.4) is 0 Å². The molecule has 1 aliphatic heterocycles. The predicted molar refractivity (Wildman–Crippen MR) is 96.3 cm³/mol. The van der Waals surface area contributed by atoms with Crippen LogP contribution in [-0.4, -0.2) is 38.9 Å². The Morgan fingerprint density at radius 2 is 1.96 bits per heavy atom. The van der Waals surface area contributed by atoms with Gasteiger partial charge >= 0.3 is 6.18 Å². The van der Waals surface area contributed by atoms with E-state index in [0.29, 0.717) is 11.9 Å². The van der Waals surface area contributed by atoms with E-state index >= 15 is 0 Å². The summed E-state index contributed by atoms with van der Waals surface area (Å²) in [7, 11) is 0. The van der Waals surface area contributed by atoms with Crippen LogP contribution in [-0.2, 0) is 12.7 Å². The Kier molecular flexibility index (Phi) is 5.98. The maximum Gasteiger partial charge on any atom is 0.417 e. The van der Waals surface area contributed by atoms with E-state index in [4.69, 9.17) is 0 Å². The molecule has 1 fully saturated rings. The van der Waals surface area contributed by atoms with Gasteiger partial charge in [0, 0.05) is 31.9 Å².